The average molecular weight is 917 g/mol. The highest BCUT2D eigenvalue weighted by Gasteiger charge is 2.77. The van der Waals surface area contributed by atoms with Crippen molar-refractivity contribution in [2.75, 3.05) is 19.8 Å². The van der Waals surface area contributed by atoms with Crippen LogP contribution in [-0.2, 0) is 37.9 Å². The predicted molar refractivity (Wildman–Crippen MR) is 217 cm³/mol. The van der Waals surface area contributed by atoms with E-state index in [-0.39, 0.29) is 36.6 Å². The maximum absolute atomic E-state index is 12.8. The van der Waals surface area contributed by atoms with Crippen LogP contribution in [0.1, 0.15) is 86.0 Å². The van der Waals surface area contributed by atoms with Crippen LogP contribution in [0.25, 0.3) is 0 Å². The van der Waals surface area contributed by atoms with Crippen LogP contribution in [0.15, 0.2) is 11.6 Å². The molecule has 64 heavy (non-hydrogen) atoms. The predicted octanol–water partition coefficient (Wildman–Crippen LogP) is -1.70. The van der Waals surface area contributed by atoms with Gasteiger partial charge in [0.25, 0.3) is 0 Å². The summed E-state index contributed by atoms with van der Waals surface area (Å²) < 4.78 is 48.7. The van der Waals surface area contributed by atoms with Crippen molar-refractivity contribution in [3.05, 3.63) is 11.6 Å². The van der Waals surface area contributed by atoms with E-state index in [1.165, 1.54) is 19.4 Å². The Morgan fingerprint density at radius 3 is 2.02 bits per heavy atom. The monoisotopic (exact) mass is 916 g/mol. The van der Waals surface area contributed by atoms with Gasteiger partial charge >= 0.3 is 0 Å². The van der Waals surface area contributed by atoms with Crippen molar-refractivity contribution < 1.29 is 94.1 Å². The van der Waals surface area contributed by atoms with Gasteiger partial charge in [0, 0.05) is 23.9 Å². The van der Waals surface area contributed by atoms with Gasteiger partial charge in [0.15, 0.2) is 24.7 Å². The van der Waals surface area contributed by atoms with Gasteiger partial charge in [-0.15, -0.1) is 0 Å². The molecule has 19 heteroatoms. The number of ether oxygens (including phenoxy) is 8. The lowest BCUT2D eigenvalue weighted by Crippen LogP contribution is -2.66. The minimum Gasteiger partial charge on any atom is -0.396 e. The Hall–Kier alpha value is -1.02. The van der Waals surface area contributed by atoms with Gasteiger partial charge in [-0.2, -0.15) is 0 Å². The van der Waals surface area contributed by atoms with Crippen molar-refractivity contribution in [1.29, 1.82) is 0 Å². The molecular formula is C45H72O19. The second kappa shape index (κ2) is 17.4. The molecular weight excluding hydrogens is 844 g/mol. The third-order valence-corrected chi connectivity index (χ3v) is 18.1. The Bertz CT molecular complexity index is 1710. The van der Waals surface area contributed by atoms with Gasteiger partial charge in [-0.05, 0) is 88.4 Å². The maximum Gasteiger partial charge on any atom is 0.200 e. The van der Waals surface area contributed by atoms with E-state index in [1.54, 1.807) is 0 Å². The molecule has 0 aromatic heterocycles. The first-order chi connectivity index (χ1) is 30.2. The van der Waals surface area contributed by atoms with Crippen LogP contribution in [0.4, 0.5) is 0 Å². The Morgan fingerprint density at radius 2 is 1.33 bits per heavy atom. The van der Waals surface area contributed by atoms with Gasteiger partial charge in [0.1, 0.15) is 72.7 Å². The largest absolute Gasteiger partial charge is 0.396 e. The van der Waals surface area contributed by atoms with Crippen LogP contribution in [0.2, 0.25) is 0 Å². The van der Waals surface area contributed by atoms with E-state index < -0.39 is 134 Å². The fraction of sp³-hybridized carbons (Fsp3) is 0.956. The first-order valence-corrected chi connectivity index (χ1v) is 23.6. The van der Waals surface area contributed by atoms with Gasteiger partial charge in [0.2, 0.25) is 0 Å². The molecule has 366 valence electrons. The summed E-state index contributed by atoms with van der Waals surface area (Å²) in [6.07, 6.45) is -16.1. The van der Waals surface area contributed by atoms with E-state index >= 15 is 0 Å². The molecule has 0 aromatic carbocycles. The van der Waals surface area contributed by atoms with E-state index in [1.807, 2.05) is 6.92 Å². The minimum atomic E-state index is -1.75. The SMILES string of the molecule is C[C@@H]1O[C@@H](O[C@H]2[C@H](O[C@H]3[C@H](O)[C@@H](O)[C@H](O[C@H]4CC[C@@]5(C)C(=CC[C@@H]6[C@@H]5CC[C@@]5(C)[C@H]6C[C@@H]6O[C@@]7(OC[C@H](CO)C[C@@H]7O)[C@@H](C)[C@@]65O)C4)O[C@@H]3CO)O[C@@H](C)[C@H](O)[C@H]2O)[C@H](O)[C@H](O)[C@H]1O. The normalized spacial score (nSPS) is 58.6. The fourth-order valence-corrected chi connectivity index (χ4v) is 14.1. The summed E-state index contributed by atoms with van der Waals surface area (Å²) in [5.41, 5.74) is -0.538. The number of hydrogen-bond donors (Lipinski definition) is 11. The second-order valence-corrected chi connectivity index (χ2v) is 21.2. The molecule has 8 fully saturated rings. The van der Waals surface area contributed by atoms with Gasteiger partial charge in [0.05, 0.1) is 37.6 Å². The number of aliphatic hydroxyl groups excluding tert-OH is 10. The molecule has 9 rings (SSSR count). The Morgan fingerprint density at radius 1 is 0.688 bits per heavy atom. The molecule has 19 nitrogen and oxygen atoms in total. The van der Waals surface area contributed by atoms with E-state index in [9.17, 15) is 56.2 Å². The molecule has 0 aromatic rings. The topological polar surface area (TPSA) is 296 Å². The third-order valence-electron chi connectivity index (χ3n) is 18.1. The number of hydrogen-bond acceptors (Lipinski definition) is 19. The third kappa shape index (κ3) is 7.25. The van der Waals surface area contributed by atoms with E-state index in [2.05, 4.69) is 19.9 Å². The van der Waals surface area contributed by atoms with Gasteiger partial charge < -0.3 is 94.1 Å². The van der Waals surface area contributed by atoms with Crippen molar-refractivity contribution in [3.63, 3.8) is 0 Å². The van der Waals surface area contributed by atoms with Crippen molar-refractivity contribution >= 4 is 0 Å². The van der Waals surface area contributed by atoms with Crippen LogP contribution >= 0.6 is 0 Å². The molecule has 0 unspecified atom stereocenters. The molecule has 1 spiro atoms. The molecule has 27 atom stereocenters. The molecule has 5 saturated heterocycles. The maximum atomic E-state index is 12.8. The summed E-state index contributed by atoms with van der Waals surface area (Å²) in [5.74, 6) is -1.13. The molecule has 5 aliphatic heterocycles. The fourth-order valence-electron chi connectivity index (χ4n) is 14.1. The Labute approximate surface area is 373 Å². The van der Waals surface area contributed by atoms with Crippen LogP contribution in [0.3, 0.4) is 0 Å². The van der Waals surface area contributed by atoms with E-state index in [4.69, 9.17) is 37.9 Å². The quantitative estimate of drug-likeness (QED) is 0.121. The van der Waals surface area contributed by atoms with Crippen molar-refractivity contribution in [2.24, 2.45) is 40.4 Å². The first-order valence-electron chi connectivity index (χ1n) is 23.6. The number of allylic oxidation sites excluding steroid dienone is 1. The molecule has 9 aliphatic rings. The number of aliphatic hydroxyl groups is 11. The molecule has 0 bridgehead atoms. The summed E-state index contributed by atoms with van der Waals surface area (Å²) in [4.78, 5) is 0. The molecule has 3 saturated carbocycles. The standard InChI is InChI=1S/C45H72O19/c1-18-30(49)32(51)35(54)39(58-18)63-38-33(52)31(50)19(2)59-41(38)62-37-27(16-47)61-40(36(55)34(37)53)60-23-8-10-42(4)22(13-23)6-7-24-25(42)9-11-43(5)26(24)14-29-44(43,56)20(3)45(64-29)28(48)12-21(15-46)17-57-45/h6,18-21,23-41,46-56H,7-17H2,1-5H3/t18-,19-,20-,21-,23-,24+,25-,26-,27+,28-,29-,30-,31-,32+,33+,34+,35+,36+,37+,38+,39-,40+,41-,42-,43-,44+,45-/m0/s1. The zero-order chi connectivity index (χ0) is 46.0. The molecule has 11 N–H and O–H groups in total. The van der Waals surface area contributed by atoms with Gasteiger partial charge in [-0.3, -0.25) is 0 Å². The van der Waals surface area contributed by atoms with Crippen LogP contribution < -0.4 is 0 Å². The Kier molecular flexibility index (Phi) is 13.1. The average Bonchev–Trinajstić information content (AvgIpc) is 3.64. The van der Waals surface area contributed by atoms with Crippen LogP contribution in [0, 0.1) is 40.4 Å². The minimum absolute atomic E-state index is 0.0831. The van der Waals surface area contributed by atoms with Gasteiger partial charge in [-0.25, -0.2) is 0 Å². The highest BCUT2D eigenvalue weighted by molar-refractivity contribution is 5.29. The van der Waals surface area contributed by atoms with Crippen molar-refractivity contribution in [3.8, 4) is 0 Å². The lowest BCUT2D eigenvalue weighted by Gasteiger charge is -2.60. The lowest BCUT2D eigenvalue weighted by atomic mass is 9.46. The summed E-state index contributed by atoms with van der Waals surface area (Å²) in [5, 5.41) is 120. The first kappa shape index (κ1) is 48.0. The Balaban J connectivity index is 0.851. The van der Waals surface area contributed by atoms with E-state index in [0.717, 1.165) is 25.7 Å². The summed E-state index contributed by atoms with van der Waals surface area (Å²) in [6, 6.07) is 0. The zero-order valence-corrected chi connectivity index (χ0v) is 37.3. The second-order valence-electron chi connectivity index (χ2n) is 21.2. The van der Waals surface area contributed by atoms with Crippen molar-refractivity contribution in [2.45, 2.75) is 208 Å². The van der Waals surface area contributed by atoms with Crippen LogP contribution in [-0.4, -0.2) is 198 Å². The van der Waals surface area contributed by atoms with Gasteiger partial charge in [-0.1, -0.05) is 32.4 Å². The van der Waals surface area contributed by atoms with Crippen LogP contribution in [0.5, 0.6) is 0 Å². The number of fused-ring (bicyclic) bond motifs is 7. The number of rotatable bonds is 8. The smallest absolute Gasteiger partial charge is 0.200 e. The van der Waals surface area contributed by atoms with Crippen molar-refractivity contribution in [1.82, 2.24) is 0 Å². The molecule has 5 heterocycles. The summed E-state index contributed by atoms with van der Waals surface area (Å²) >= 11 is 0. The highest BCUT2D eigenvalue weighted by atomic mass is 16.8. The highest BCUT2D eigenvalue weighted by Crippen LogP contribution is 2.72. The lowest BCUT2D eigenvalue weighted by molar-refractivity contribution is -0.386. The zero-order valence-electron chi connectivity index (χ0n) is 37.3. The molecule has 4 aliphatic carbocycles. The summed E-state index contributed by atoms with van der Waals surface area (Å²) in [6.45, 7) is 8.89. The van der Waals surface area contributed by atoms with E-state index in [0.29, 0.717) is 37.5 Å². The molecule has 0 radical (unpaired) electrons. The summed E-state index contributed by atoms with van der Waals surface area (Å²) in [7, 11) is 0. The molecule has 0 amide bonds.